The van der Waals surface area contributed by atoms with E-state index in [1.54, 1.807) is 6.92 Å². The molecule has 0 spiro atoms. The summed E-state index contributed by atoms with van der Waals surface area (Å²) in [6.07, 6.45) is 1.76. The normalized spacial score (nSPS) is 19.9. The van der Waals surface area contributed by atoms with Gasteiger partial charge in [-0.1, -0.05) is 41.9 Å². The summed E-state index contributed by atoms with van der Waals surface area (Å²) >= 11 is 6.44. The Morgan fingerprint density at radius 1 is 1.19 bits per heavy atom. The van der Waals surface area contributed by atoms with E-state index < -0.39 is 17.2 Å². The summed E-state index contributed by atoms with van der Waals surface area (Å²) < 4.78 is 42.5. The van der Waals surface area contributed by atoms with Gasteiger partial charge in [-0.15, -0.1) is 0 Å². The number of halogens is 3. The highest BCUT2D eigenvalue weighted by molar-refractivity contribution is 6.34. The lowest BCUT2D eigenvalue weighted by molar-refractivity contribution is 0.0190. The van der Waals surface area contributed by atoms with Crippen molar-refractivity contribution in [2.45, 2.75) is 31.4 Å². The predicted octanol–water partition coefficient (Wildman–Crippen LogP) is 5.52. The molecule has 0 bridgehead atoms. The van der Waals surface area contributed by atoms with Crippen molar-refractivity contribution in [1.82, 2.24) is 10.6 Å². The maximum atomic E-state index is 15.6. The first-order valence-electron chi connectivity index (χ1n) is 11.9. The number of rotatable bonds is 6. The van der Waals surface area contributed by atoms with Crippen molar-refractivity contribution in [3.8, 4) is 22.6 Å². The minimum absolute atomic E-state index is 0.00728. The van der Waals surface area contributed by atoms with Gasteiger partial charge in [0, 0.05) is 34.7 Å². The molecular weight excluding hydrogens is 486 g/mol. The van der Waals surface area contributed by atoms with Crippen molar-refractivity contribution in [3.63, 3.8) is 0 Å². The molecule has 0 radical (unpaired) electrons. The maximum Gasteiger partial charge on any atom is 0.173 e. The summed E-state index contributed by atoms with van der Waals surface area (Å²) in [6.45, 7) is 2.81. The van der Waals surface area contributed by atoms with Gasteiger partial charge in [0.1, 0.15) is 11.6 Å². The lowest BCUT2D eigenvalue weighted by atomic mass is 9.77. The molecule has 5 nitrogen and oxygen atoms in total. The van der Waals surface area contributed by atoms with Crippen molar-refractivity contribution in [2.24, 2.45) is 0 Å². The second kappa shape index (κ2) is 10.9. The molecule has 3 aromatic carbocycles. The molecule has 0 aliphatic carbocycles. The van der Waals surface area contributed by atoms with E-state index >= 15 is 8.78 Å². The highest BCUT2D eigenvalue weighted by Gasteiger charge is 2.51. The first kappa shape index (κ1) is 26.1. The van der Waals surface area contributed by atoms with Gasteiger partial charge in [0.15, 0.2) is 23.5 Å². The minimum atomic E-state index is -0.803. The average molecular weight is 515 g/mol. The molecule has 36 heavy (non-hydrogen) atoms. The van der Waals surface area contributed by atoms with Gasteiger partial charge in [-0.25, -0.2) is 8.78 Å². The van der Waals surface area contributed by atoms with E-state index in [0.717, 1.165) is 18.5 Å². The van der Waals surface area contributed by atoms with E-state index in [0.29, 0.717) is 24.0 Å². The topological polar surface area (TPSA) is 59.6 Å². The Bertz CT molecular complexity index is 1250. The van der Waals surface area contributed by atoms with Crippen molar-refractivity contribution in [2.75, 3.05) is 27.2 Å². The number of ether oxygens (including phenoxy) is 2. The molecule has 2 atom stereocenters. The average Bonchev–Trinajstić information content (AvgIpc) is 3.21. The SMILES string of the molecule is CCOc1ccc(C=O)c(-c2c(Cl)c(F)cc3c2CC(c2ccccc2)(C2CCN2)O3)c1F.CNC. The second-order valence-corrected chi connectivity index (χ2v) is 9.12. The van der Waals surface area contributed by atoms with Crippen LogP contribution in [0.2, 0.25) is 5.02 Å². The molecule has 2 N–H and O–H groups in total. The van der Waals surface area contributed by atoms with E-state index in [1.165, 1.54) is 18.2 Å². The monoisotopic (exact) mass is 514 g/mol. The first-order chi connectivity index (χ1) is 17.4. The lowest BCUT2D eigenvalue weighted by Crippen LogP contribution is -2.59. The fourth-order valence-corrected chi connectivity index (χ4v) is 5.08. The molecule has 5 rings (SSSR count). The van der Waals surface area contributed by atoms with Crippen LogP contribution in [0, 0.1) is 11.6 Å². The third-order valence-electron chi connectivity index (χ3n) is 6.48. The van der Waals surface area contributed by atoms with Crippen LogP contribution >= 0.6 is 11.6 Å². The van der Waals surface area contributed by atoms with Crippen molar-refractivity contribution >= 4 is 17.9 Å². The quantitative estimate of drug-likeness (QED) is 0.424. The van der Waals surface area contributed by atoms with Gasteiger partial charge in [-0.3, -0.25) is 4.79 Å². The Morgan fingerprint density at radius 2 is 1.89 bits per heavy atom. The van der Waals surface area contributed by atoms with E-state index in [9.17, 15) is 4.79 Å². The van der Waals surface area contributed by atoms with Gasteiger partial charge in [0.2, 0.25) is 0 Å². The van der Waals surface area contributed by atoms with Gasteiger partial charge in [0.25, 0.3) is 0 Å². The van der Waals surface area contributed by atoms with Gasteiger partial charge < -0.3 is 20.1 Å². The van der Waals surface area contributed by atoms with Crippen LogP contribution < -0.4 is 20.1 Å². The van der Waals surface area contributed by atoms with Crippen LogP contribution in [0.3, 0.4) is 0 Å². The van der Waals surface area contributed by atoms with Crippen LogP contribution in [0.1, 0.15) is 34.8 Å². The van der Waals surface area contributed by atoms with Gasteiger partial charge >= 0.3 is 0 Å². The van der Waals surface area contributed by atoms with Crippen LogP contribution in [0.15, 0.2) is 48.5 Å². The Hall–Kier alpha value is -3.00. The van der Waals surface area contributed by atoms with Gasteiger partial charge in [-0.05, 0) is 51.7 Å². The maximum absolute atomic E-state index is 15.6. The number of nitrogens with one attached hydrogen (secondary N) is 2. The first-order valence-corrected chi connectivity index (χ1v) is 12.3. The molecule has 3 aromatic rings. The van der Waals surface area contributed by atoms with E-state index in [-0.39, 0.29) is 40.1 Å². The molecule has 2 aliphatic rings. The fourth-order valence-electron chi connectivity index (χ4n) is 4.82. The number of aldehydes is 1. The Kier molecular flexibility index (Phi) is 7.93. The molecular formula is C28H29ClF2N2O3. The molecule has 2 heterocycles. The summed E-state index contributed by atoms with van der Waals surface area (Å²) in [5.74, 6) is -1.23. The van der Waals surface area contributed by atoms with Crippen LogP contribution in [-0.4, -0.2) is 39.6 Å². The third-order valence-corrected chi connectivity index (χ3v) is 6.85. The van der Waals surface area contributed by atoms with Crippen LogP contribution in [0.5, 0.6) is 11.5 Å². The highest BCUT2D eigenvalue weighted by atomic mass is 35.5. The Balaban J connectivity index is 0.000000967. The van der Waals surface area contributed by atoms with E-state index in [4.69, 9.17) is 21.1 Å². The molecule has 1 fully saturated rings. The molecule has 2 unspecified atom stereocenters. The van der Waals surface area contributed by atoms with E-state index in [2.05, 4.69) is 10.6 Å². The zero-order valence-electron chi connectivity index (χ0n) is 20.5. The largest absolute Gasteiger partial charge is 0.491 e. The van der Waals surface area contributed by atoms with Gasteiger partial charge in [0.05, 0.1) is 17.7 Å². The summed E-state index contributed by atoms with van der Waals surface area (Å²) in [5.41, 5.74) is 0.804. The molecule has 1 saturated heterocycles. The number of hydrogen-bond acceptors (Lipinski definition) is 5. The Morgan fingerprint density at radius 3 is 2.47 bits per heavy atom. The highest BCUT2D eigenvalue weighted by Crippen LogP contribution is 2.52. The van der Waals surface area contributed by atoms with E-state index in [1.807, 2.05) is 44.4 Å². The molecule has 0 aromatic heterocycles. The van der Waals surface area contributed by atoms with Crippen molar-refractivity contribution < 1.29 is 23.0 Å². The van der Waals surface area contributed by atoms with Gasteiger partial charge in [-0.2, -0.15) is 0 Å². The smallest absolute Gasteiger partial charge is 0.173 e. The summed E-state index contributed by atoms with van der Waals surface area (Å²) in [5, 5.41) is 5.91. The number of carbonyl (C=O) groups excluding carboxylic acids is 1. The van der Waals surface area contributed by atoms with Crippen LogP contribution in [0.25, 0.3) is 11.1 Å². The lowest BCUT2D eigenvalue weighted by Gasteiger charge is -2.43. The third kappa shape index (κ3) is 4.47. The number of fused-ring (bicyclic) bond motifs is 1. The number of carbonyl (C=O) groups is 1. The molecule has 8 heteroatoms. The molecule has 0 saturated carbocycles. The fraction of sp³-hybridized carbons (Fsp3) is 0.321. The zero-order chi connectivity index (χ0) is 25.9. The Labute approximate surface area is 214 Å². The summed E-state index contributed by atoms with van der Waals surface area (Å²) in [7, 11) is 3.75. The van der Waals surface area contributed by atoms with Crippen LogP contribution in [-0.2, 0) is 12.0 Å². The molecule has 0 amide bonds. The van der Waals surface area contributed by atoms with Crippen molar-refractivity contribution in [3.05, 3.63) is 81.9 Å². The number of hydrogen-bond donors (Lipinski definition) is 2. The summed E-state index contributed by atoms with van der Waals surface area (Å²) in [4.78, 5) is 11.8. The molecule has 2 aliphatic heterocycles. The van der Waals surface area contributed by atoms with Crippen LogP contribution in [0.4, 0.5) is 8.78 Å². The second-order valence-electron chi connectivity index (χ2n) is 8.75. The molecule has 190 valence electrons. The predicted molar refractivity (Wildman–Crippen MR) is 137 cm³/mol. The minimum Gasteiger partial charge on any atom is -0.491 e. The standard InChI is InChI=1S/C26H22ClF2NO3.C2H7N/c1-2-32-19-9-8-15(14-31)22(25(19)29)23-17-13-26(21-10-11-30-21,16-6-4-3-5-7-16)33-20(17)12-18(28)24(23)27;1-3-2/h3-9,12,14,21,30H,2,10-11,13H2,1H3;3H,1-2H3. The zero-order valence-corrected chi connectivity index (χ0v) is 21.2. The van der Waals surface area contributed by atoms with Crippen molar-refractivity contribution in [1.29, 1.82) is 0 Å². The number of benzene rings is 3. The summed E-state index contributed by atoms with van der Waals surface area (Å²) in [6, 6.07) is 13.8.